The van der Waals surface area contributed by atoms with E-state index in [-0.39, 0.29) is 45.2 Å². The van der Waals surface area contributed by atoms with Crippen molar-refractivity contribution >= 4 is 27.5 Å². The lowest BCUT2D eigenvalue weighted by Gasteiger charge is -2.53. The Morgan fingerprint density at radius 2 is 1.84 bits per heavy atom. The summed E-state index contributed by atoms with van der Waals surface area (Å²) in [6.45, 7) is 3.83. The predicted molar refractivity (Wildman–Crippen MR) is 193 cm³/mol. The molecule has 12 heteroatoms. The van der Waals surface area contributed by atoms with Crippen LogP contribution in [0.25, 0.3) is 32.9 Å². The van der Waals surface area contributed by atoms with E-state index in [1.54, 1.807) is 19.2 Å². The molecule has 2 aliphatic carbocycles. The summed E-state index contributed by atoms with van der Waals surface area (Å²) in [4.78, 5) is 19.2. The molecule has 51 heavy (non-hydrogen) atoms. The number of aromatic nitrogens is 3. The first-order valence-corrected chi connectivity index (χ1v) is 18.5. The number of nitrogens with one attached hydrogen (secondary N) is 1. The van der Waals surface area contributed by atoms with E-state index in [0.29, 0.717) is 53.8 Å². The fourth-order valence-electron chi connectivity index (χ4n) is 9.57. The van der Waals surface area contributed by atoms with E-state index in [9.17, 15) is 5.11 Å². The lowest BCUT2D eigenvalue weighted by atomic mass is 9.73. The highest BCUT2D eigenvalue weighted by Crippen LogP contribution is 2.50. The van der Waals surface area contributed by atoms with Crippen molar-refractivity contribution in [2.45, 2.75) is 76.0 Å². The van der Waals surface area contributed by atoms with E-state index in [2.05, 4.69) is 20.1 Å². The number of piperidine rings is 2. The highest BCUT2D eigenvalue weighted by molar-refractivity contribution is 6.02. The van der Waals surface area contributed by atoms with Crippen LogP contribution in [-0.4, -0.2) is 97.2 Å². The largest absolute Gasteiger partial charge is 0.508 e. The van der Waals surface area contributed by atoms with Crippen LogP contribution in [0.1, 0.15) is 57.8 Å². The molecule has 10 nitrogen and oxygen atoms in total. The summed E-state index contributed by atoms with van der Waals surface area (Å²) in [5, 5.41) is 14.8. The molecule has 4 aromatic rings. The average Bonchev–Trinajstić information content (AvgIpc) is 3.55. The number of halogens is 2. The van der Waals surface area contributed by atoms with E-state index >= 15 is 8.78 Å². The Hall–Kier alpha value is -3.87. The maximum atomic E-state index is 17.1. The fourth-order valence-corrected chi connectivity index (χ4v) is 9.57. The van der Waals surface area contributed by atoms with Crippen molar-refractivity contribution in [2.75, 3.05) is 59.0 Å². The lowest BCUT2D eigenvalue weighted by Crippen LogP contribution is -2.59. The van der Waals surface area contributed by atoms with Gasteiger partial charge in [-0.2, -0.15) is 9.97 Å². The van der Waals surface area contributed by atoms with Crippen LogP contribution in [0.3, 0.4) is 0 Å². The molecule has 2 aromatic heterocycles. The van der Waals surface area contributed by atoms with Crippen molar-refractivity contribution in [1.82, 2.24) is 25.2 Å². The molecule has 3 atom stereocenters. The van der Waals surface area contributed by atoms with E-state index < -0.39 is 11.6 Å². The number of hydrogen-bond acceptors (Lipinski definition) is 10. The van der Waals surface area contributed by atoms with Gasteiger partial charge in [0, 0.05) is 48.6 Å². The number of aromatic hydroxyl groups is 1. The van der Waals surface area contributed by atoms with E-state index in [4.69, 9.17) is 24.2 Å². The molecule has 4 heterocycles. The maximum Gasteiger partial charge on any atom is 0.319 e. The highest BCUT2D eigenvalue weighted by Gasteiger charge is 2.51. The molecular weight excluding hydrogens is 654 g/mol. The molecule has 4 aliphatic rings. The van der Waals surface area contributed by atoms with Gasteiger partial charge in [-0.25, -0.2) is 13.8 Å². The topological polar surface area (TPSA) is 105 Å². The summed E-state index contributed by atoms with van der Waals surface area (Å²) in [6.07, 6.45) is 10.0. The quantitative estimate of drug-likeness (QED) is 0.191. The predicted octanol–water partition coefficient (Wildman–Crippen LogP) is 6.46. The third-order valence-electron chi connectivity index (χ3n) is 12.1. The van der Waals surface area contributed by atoms with Crippen LogP contribution >= 0.6 is 0 Å². The van der Waals surface area contributed by atoms with Crippen LogP contribution in [0.2, 0.25) is 0 Å². The van der Waals surface area contributed by atoms with Gasteiger partial charge in [0.25, 0.3) is 0 Å². The molecule has 0 spiro atoms. The molecule has 0 radical (unpaired) electrons. The average molecular weight is 703 g/mol. The summed E-state index contributed by atoms with van der Waals surface area (Å²) in [5.41, 5.74) is -0.0986. The van der Waals surface area contributed by atoms with Gasteiger partial charge in [-0.05, 0) is 101 Å². The summed E-state index contributed by atoms with van der Waals surface area (Å²) in [6, 6.07) is 8.38. The van der Waals surface area contributed by atoms with Crippen molar-refractivity contribution in [3.05, 3.63) is 42.0 Å². The van der Waals surface area contributed by atoms with Crippen molar-refractivity contribution in [2.24, 2.45) is 11.3 Å². The van der Waals surface area contributed by atoms with Crippen LogP contribution < -0.4 is 19.7 Å². The van der Waals surface area contributed by atoms with Crippen LogP contribution in [0, 0.1) is 23.0 Å². The van der Waals surface area contributed by atoms with Gasteiger partial charge in [-0.15, -0.1) is 0 Å². The molecule has 0 bridgehead atoms. The minimum absolute atomic E-state index is 0.00811. The maximum absolute atomic E-state index is 17.1. The molecular formula is C39H48F2N6O4. The van der Waals surface area contributed by atoms with Gasteiger partial charge in [-0.3, -0.25) is 4.90 Å². The second kappa shape index (κ2) is 13.9. The van der Waals surface area contributed by atoms with Crippen molar-refractivity contribution in [3.63, 3.8) is 0 Å². The normalized spacial score (nSPS) is 26.7. The number of benzene rings is 2. The Bertz CT molecular complexity index is 1920. The molecule has 2 aromatic carbocycles. The van der Waals surface area contributed by atoms with Gasteiger partial charge < -0.3 is 29.5 Å². The zero-order valence-electron chi connectivity index (χ0n) is 29.8. The first kappa shape index (κ1) is 34.2. The number of phenolic OH excluding ortho intramolecular Hbond substituents is 1. The third-order valence-corrected chi connectivity index (χ3v) is 12.1. The molecule has 272 valence electrons. The van der Waals surface area contributed by atoms with Crippen molar-refractivity contribution < 1.29 is 28.1 Å². The second-order valence-electron chi connectivity index (χ2n) is 15.1. The number of hydrogen-bond donors (Lipinski definition) is 2. The molecule has 2 saturated heterocycles. The Kier molecular flexibility index (Phi) is 9.35. The molecule has 4 fully saturated rings. The summed E-state index contributed by atoms with van der Waals surface area (Å²) < 4.78 is 50.6. The molecule has 2 saturated carbocycles. The number of rotatable bonds is 10. The van der Waals surface area contributed by atoms with Crippen molar-refractivity contribution in [1.29, 1.82) is 0 Å². The van der Waals surface area contributed by atoms with Crippen LogP contribution in [0.15, 0.2) is 30.3 Å². The number of pyridine rings is 1. The van der Waals surface area contributed by atoms with Gasteiger partial charge in [0.2, 0.25) is 5.88 Å². The van der Waals surface area contributed by atoms with Gasteiger partial charge in [0.05, 0.1) is 19.8 Å². The molecule has 8 rings (SSSR count). The van der Waals surface area contributed by atoms with E-state index in [0.717, 1.165) is 77.4 Å². The Morgan fingerprint density at radius 1 is 1.00 bits per heavy atom. The first-order valence-electron chi connectivity index (χ1n) is 18.5. The zero-order chi connectivity index (χ0) is 35.3. The Morgan fingerprint density at radius 3 is 2.65 bits per heavy atom. The molecule has 2 aliphatic heterocycles. The number of anilines is 1. The van der Waals surface area contributed by atoms with Gasteiger partial charge in [0.1, 0.15) is 34.0 Å². The number of nitrogens with zero attached hydrogens (tertiary/aromatic N) is 5. The number of ether oxygens (including phenoxy) is 3. The van der Waals surface area contributed by atoms with Gasteiger partial charge in [-0.1, -0.05) is 18.6 Å². The minimum atomic E-state index is -0.753. The number of phenols is 1. The smallest absolute Gasteiger partial charge is 0.319 e. The van der Waals surface area contributed by atoms with Crippen LogP contribution in [0.5, 0.6) is 17.6 Å². The third kappa shape index (κ3) is 6.12. The number of likely N-dealkylation sites (tertiary alicyclic amines) is 1. The monoisotopic (exact) mass is 702 g/mol. The lowest BCUT2D eigenvalue weighted by molar-refractivity contribution is -0.0845. The minimum Gasteiger partial charge on any atom is -0.508 e. The summed E-state index contributed by atoms with van der Waals surface area (Å²) in [5.74, 6) is -0.422. The fraction of sp³-hybridized carbons (Fsp3) is 0.564. The summed E-state index contributed by atoms with van der Waals surface area (Å²) in [7, 11) is 5.23. The first-order chi connectivity index (χ1) is 24.8. The number of fused-ring (bicyclic) bond motifs is 3. The molecule has 0 amide bonds. The Balaban J connectivity index is 1.22. The molecule has 3 unspecified atom stereocenters. The highest BCUT2D eigenvalue weighted by atomic mass is 19.1. The standard InChI is InChI=1S/C39H48F2N6O4/c1-42-20-23-8-6-14-46(21-23)36-32-35(33(41)34(43-37(32)50-3)28-19-26(48)16-24-9-4-10-29(40)31(24)28)44-38(45-36)51-22-39-12-5-11-30(39)47(15-7-13-39)25-17-27(18-25)49-2/h4,9-10,16,19,23,25,27,30,42,48H,5-8,11-15,17-18,20-22H2,1-3H3. The number of methoxy groups -OCH3 is 2. The summed E-state index contributed by atoms with van der Waals surface area (Å²) >= 11 is 0. The van der Waals surface area contributed by atoms with Crippen LogP contribution in [0.4, 0.5) is 14.6 Å². The van der Waals surface area contributed by atoms with Crippen LogP contribution in [-0.2, 0) is 4.74 Å². The van der Waals surface area contributed by atoms with Crippen molar-refractivity contribution in [3.8, 4) is 28.9 Å². The SMILES string of the molecule is CNCC1CCCN(c2nc(OCC34CCCC3N(C3CC(OC)C3)CCC4)nc3c(F)c(-c4cc(O)cc5cccc(F)c45)nc(OC)c23)C1. The Labute approximate surface area is 297 Å². The van der Waals surface area contributed by atoms with Gasteiger partial charge in [0.15, 0.2) is 5.82 Å². The van der Waals surface area contributed by atoms with Gasteiger partial charge >= 0.3 is 6.01 Å². The van der Waals surface area contributed by atoms with E-state index in [1.807, 2.05) is 7.05 Å². The second-order valence-corrected chi connectivity index (χ2v) is 15.1. The van der Waals surface area contributed by atoms with E-state index in [1.165, 1.54) is 25.3 Å². The zero-order valence-corrected chi connectivity index (χ0v) is 29.8. The molecule has 2 N–H and O–H groups in total.